The summed E-state index contributed by atoms with van der Waals surface area (Å²) in [7, 11) is 1.56. The molecule has 1 fully saturated rings. The predicted molar refractivity (Wildman–Crippen MR) is 129 cm³/mol. The Balaban J connectivity index is 1.54. The highest BCUT2D eigenvalue weighted by atomic mass is 32.2. The second-order valence-electron chi connectivity index (χ2n) is 7.96. The van der Waals surface area contributed by atoms with Crippen LogP contribution in [0.15, 0.2) is 53.4 Å². The van der Waals surface area contributed by atoms with Gasteiger partial charge in [0.2, 0.25) is 5.91 Å². The Hall–Kier alpha value is -3.00. The molecule has 1 aliphatic rings. The summed E-state index contributed by atoms with van der Waals surface area (Å²) in [4.78, 5) is 38.2. The highest BCUT2D eigenvalue weighted by molar-refractivity contribution is 8.00. The molecule has 2 aromatic rings. The molecule has 0 saturated heterocycles. The van der Waals surface area contributed by atoms with E-state index < -0.39 is 12.1 Å². The van der Waals surface area contributed by atoms with Gasteiger partial charge in [-0.25, -0.2) is 4.79 Å². The Morgan fingerprint density at radius 1 is 1.06 bits per heavy atom. The second-order valence-corrected chi connectivity index (χ2v) is 8.97. The fourth-order valence-corrected chi connectivity index (χ4v) is 4.49. The zero-order valence-corrected chi connectivity index (χ0v) is 19.8. The minimum atomic E-state index is -0.895. The lowest BCUT2D eigenvalue weighted by molar-refractivity contribution is -0.130. The van der Waals surface area contributed by atoms with Crippen LogP contribution in [0.25, 0.3) is 0 Å². The zero-order valence-electron chi connectivity index (χ0n) is 19.0. The third-order valence-corrected chi connectivity index (χ3v) is 6.50. The van der Waals surface area contributed by atoms with E-state index in [9.17, 15) is 14.4 Å². The summed E-state index contributed by atoms with van der Waals surface area (Å²) < 4.78 is 10.6. The molecule has 1 saturated carbocycles. The number of carbonyl (C=O) groups excluding carboxylic acids is 3. The number of thioether (sulfide) groups is 1. The molecule has 176 valence electrons. The van der Waals surface area contributed by atoms with Crippen LogP contribution in [0.4, 0.5) is 5.69 Å². The summed E-state index contributed by atoms with van der Waals surface area (Å²) in [6, 6.07) is 14.1. The molecule has 0 heterocycles. The van der Waals surface area contributed by atoms with Crippen molar-refractivity contribution in [3.8, 4) is 5.75 Å². The lowest BCUT2D eigenvalue weighted by atomic mass is 9.95. The van der Waals surface area contributed by atoms with E-state index in [1.54, 1.807) is 62.6 Å². The van der Waals surface area contributed by atoms with E-state index in [2.05, 4.69) is 10.6 Å². The van der Waals surface area contributed by atoms with Crippen LogP contribution < -0.4 is 15.4 Å². The number of rotatable bonds is 9. The van der Waals surface area contributed by atoms with Gasteiger partial charge in [0.15, 0.2) is 6.10 Å². The Labute approximate surface area is 198 Å². The third kappa shape index (κ3) is 7.53. The van der Waals surface area contributed by atoms with Gasteiger partial charge in [-0.1, -0.05) is 37.5 Å². The molecule has 0 radical (unpaired) electrons. The maximum atomic E-state index is 12.7. The molecular weight excluding hydrogens is 440 g/mol. The van der Waals surface area contributed by atoms with E-state index in [4.69, 9.17) is 9.47 Å². The van der Waals surface area contributed by atoms with Gasteiger partial charge in [-0.05, 0) is 44.0 Å². The SMILES string of the molecule is COc1cccc(NC(=O)CSc2ccccc2C(=O)OC(C)C(=O)NC2CCCCC2)c1. The van der Waals surface area contributed by atoms with Crippen molar-refractivity contribution < 1.29 is 23.9 Å². The molecule has 7 nitrogen and oxygen atoms in total. The quantitative estimate of drug-likeness (QED) is 0.416. The molecule has 0 aliphatic heterocycles. The monoisotopic (exact) mass is 470 g/mol. The molecule has 2 amide bonds. The van der Waals surface area contributed by atoms with E-state index in [-0.39, 0.29) is 23.6 Å². The third-order valence-electron chi connectivity index (χ3n) is 5.42. The highest BCUT2D eigenvalue weighted by Gasteiger charge is 2.24. The van der Waals surface area contributed by atoms with Crippen LogP contribution in [-0.4, -0.2) is 42.8 Å². The molecular formula is C25H30N2O5S. The van der Waals surface area contributed by atoms with E-state index in [1.807, 2.05) is 0 Å². The Bertz CT molecular complexity index is 975. The number of hydrogen-bond donors (Lipinski definition) is 2. The number of benzene rings is 2. The number of esters is 1. The van der Waals surface area contributed by atoms with Gasteiger partial charge in [0.05, 0.1) is 18.4 Å². The average molecular weight is 471 g/mol. The van der Waals surface area contributed by atoms with E-state index in [1.165, 1.54) is 18.2 Å². The largest absolute Gasteiger partial charge is 0.497 e. The molecule has 3 rings (SSSR count). The average Bonchev–Trinajstić information content (AvgIpc) is 2.83. The number of amides is 2. The molecule has 0 aromatic heterocycles. The number of ether oxygens (including phenoxy) is 2. The van der Waals surface area contributed by atoms with Gasteiger partial charge in [0, 0.05) is 22.7 Å². The topological polar surface area (TPSA) is 93.7 Å². The minimum Gasteiger partial charge on any atom is -0.497 e. The van der Waals surface area contributed by atoms with Crippen molar-refractivity contribution in [2.75, 3.05) is 18.2 Å². The first-order valence-corrected chi connectivity index (χ1v) is 12.1. The summed E-state index contributed by atoms with van der Waals surface area (Å²) in [6.07, 6.45) is 4.44. The summed E-state index contributed by atoms with van der Waals surface area (Å²) >= 11 is 1.23. The number of carbonyl (C=O) groups is 3. The van der Waals surface area contributed by atoms with Crippen LogP contribution in [0.2, 0.25) is 0 Å². The van der Waals surface area contributed by atoms with Gasteiger partial charge in [-0.3, -0.25) is 9.59 Å². The molecule has 8 heteroatoms. The van der Waals surface area contributed by atoms with E-state index in [0.717, 1.165) is 25.7 Å². The number of anilines is 1. The van der Waals surface area contributed by atoms with E-state index in [0.29, 0.717) is 21.9 Å². The molecule has 1 atom stereocenters. The first kappa shape index (κ1) is 24.6. The van der Waals surface area contributed by atoms with Crippen molar-refractivity contribution >= 4 is 35.2 Å². The minimum absolute atomic E-state index is 0.110. The first-order chi connectivity index (χ1) is 16.0. The normalized spacial score (nSPS) is 14.7. The molecule has 1 unspecified atom stereocenters. The van der Waals surface area contributed by atoms with Crippen molar-refractivity contribution in [2.24, 2.45) is 0 Å². The Morgan fingerprint density at radius 2 is 1.82 bits per heavy atom. The second kappa shape index (κ2) is 12.3. The van der Waals surface area contributed by atoms with Crippen molar-refractivity contribution in [2.45, 2.75) is 56.1 Å². The van der Waals surface area contributed by atoms with Crippen molar-refractivity contribution in [1.29, 1.82) is 0 Å². The summed E-state index contributed by atoms with van der Waals surface area (Å²) in [5.74, 6) is -0.318. The van der Waals surface area contributed by atoms with Crippen LogP contribution in [0, 0.1) is 0 Å². The van der Waals surface area contributed by atoms with Gasteiger partial charge in [-0.15, -0.1) is 11.8 Å². The maximum absolute atomic E-state index is 12.7. The van der Waals surface area contributed by atoms with Crippen molar-refractivity contribution in [3.05, 3.63) is 54.1 Å². The first-order valence-electron chi connectivity index (χ1n) is 11.1. The zero-order chi connectivity index (χ0) is 23.6. The number of hydrogen-bond acceptors (Lipinski definition) is 6. The molecule has 2 N–H and O–H groups in total. The molecule has 1 aliphatic carbocycles. The molecule has 0 bridgehead atoms. The van der Waals surface area contributed by atoms with Crippen molar-refractivity contribution in [3.63, 3.8) is 0 Å². The van der Waals surface area contributed by atoms with Gasteiger partial charge < -0.3 is 20.1 Å². The fourth-order valence-electron chi connectivity index (χ4n) is 3.65. The lowest BCUT2D eigenvalue weighted by Gasteiger charge is -2.24. The maximum Gasteiger partial charge on any atom is 0.340 e. The Morgan fingerprint density at radius 3 is 2.58 bits per heavy atom. The molecule has 33 heavy (non-hydrogen) atoms. The smallest absolute Gasteiger partial charge is 0.340 e. The predicted octanol–water partition coefficient (Wildman–Crippen LogP) is 4.42. The highest BCUT2D eigenvalue weighted by Crippen LogP contribution is 2.25. The van der Waals surface area contributed by atoms with Crippen LogP contribution in [-0.2, 0) is 14.3 Å². The summed E-state index contributed by atoms with van der Waals surface area (Å²) in [5.41, 5.74) is 0.958. The van der Waals surface area contributed by atoms with Crippen molar-refractivity contribution in [1.82, 2.24) is 5.32 Å². The van der Waals surface area contributed by atoms with Gasteiger partial charge in [0.1, 0.15) is 5.75 Å². The Kier molecular flexibility index (Phi) is 9.18. The van der Waals surface area contributed by atoms with Gasteiger partial charge in [0.25, 0.3) is 5.91 Å². The number of nitrogens with one attached hydrogen (secondary N) is 2. The fraction of sp³-hybridized carbons (Fsp3) is 0.400. The van der Waals surface area contributed by atoms with Crippen LogP contribution in [0.5, 0.6) is 5.75 Å². The van der Waals surface area contributed by atoms with Crippen LogP contribution in [0.3, 0.4) is 0 Å². The van der Waals surface area contributed by atoms with Crippen LogP contribution >= 0.6 is 11.8 Å². The summed E-state index contributed by atoms with van der Waals surface area (Å²) in [6.45, 7) is 1.58. The van der Waals surface area contributed by atoms with Gasteiger partial charge >= 0.3 is 5.97 Å². The number of methoxy groups -OCH3 is 1. The van der Waals surface area contributed by atoms with Gasteiger partial charge in [-0.2, -0.15) is 0 Å². The standard InChI is InChI=1S/C25H30N2O5S/c1-17(24(29)27-18-9-4-3-5-10-18)32-25(30)21-13-6-7-14-22(21)33-16-23(28)26-19-11-8-12-20(15-19)31-2/h6-8,11-15,17-18H,3-5,9-10,16H2,1-2H3,(H,26,28)(H,27,29). The molecule has 2 aromatic carbocycles. The molecule has 0 spiro atoms. The lowest BCUT2D eigenvalue weighted by Crippen LogP contribution is -2.42. The summed E-state index contributed by atoms with van der Waals surface area (Å²) in [5, 5.41) is 5.79. The van der Waals surface area contributed by atoms with E-state index >= 15 is 0 Å². The van der Waals surface area contributed by atoms with Crippen LogP contribution in [0.1, 0.15) is 49.4 Å².